The topological polar surface area (TPSA) is 127 Å². The SMILES string of the molecule is Cc1nc2ccccc2n(CC(=O)NN2C(=O)C(Cl)C2c2ccc([N+](=O)[O-])cc2)c1=O. The van der Waals surface area contributed by atoms with Crippen LogP contribution in [0.5, 0.6) is 0 Å². The molecule has 0 aliphatic carbocycles. The molecule has 1 fully saturated rings. The van der Waals surface area contributed by atoms with Crippen LogP contribution in [-0.4, -0.2) is 36.7 Å². The van der Waals surface area contributed by atoms with Crippen molar-refractivity contribution >= 4 is 40.1 Å². The fraction of sp³-hybridized carbons (Fsp3) is 0.200. The molecule has 0 bridgehead atoms. The van der Waals surface area contributed by atoms with Crippen LogP contribution in [0.3, 0.4) is 0 Å². The Labute approximate surface area is 180 Å². The van der Waals surface area contributed by atoms with Crippen molar-refractivity contribution in [3.05, 3.63) is 80.3 Å². The molecule has 10 nitrogen and oxygen atoms in total. The number of carbonyl (C=O) groups is 2. The van der Waals surface area contributed by atoms with E-state index in [1.54, 1.807) is 31.2 Å². The second-order valence-electron chi connectivity index (χ2n) is 7.02. The van der Waals surface area contributed by atoms with E-state index in [0.29, 0.717) is 16.6 Å². The van der Waals surface area contributed by atoms with Gasteiger partial charge in [-0.3, -0.25) is 34.5 Å². The first kappa shape index (κ1) is 20.5. The predicted molar refractivity (Wildman–Crippen MR) is 111 cm³/mol. The van der Waals surface area contributed by atoms with Crippen molar-refractivity contribution in [2.75, 3.05) is 0 Å². The van der Waals surface area contributed by atoms with Crippen LogP contribution in [0, 0.1) is 17.0 Å². The number of halogens is 1. The van der Waals surface area contributed by atoms with E-state index in [4.69, 9.17) is 11.6 Å². The first-order chi connectivity index (χ1) is 14.8. The van der Waals surface area contributed by atoms with Gasteiger partial charge in [0.1, 0.15) is 23.7 Å². The zero-order valence-electron chi connectivity index (χ0n) is 16.2. The maximum Gasteiger partial charge on any atom is 0.272 e. The molecule has 3 aromatic rings. The standard InChI is InChI=1S/C20H16ClN5O5/c1-11-19(28)24(15-5-3-2-4-14(15)22-11)10-16(27)23-25-18(17(21)20(25)29)12-6-8-13(9-7-12)26(30)31/h2-9,17-18H,10H2,1H3,(H,23,27). The smallest absolute Gasteiger partial charge is 0.272 e. The third-order valence-electron chi connectivity index (χ3n) is 5.04. The highest BCUT2D eigenvalue weighted by molar-refractivity contribution is 6.33. The predicted octanol–water partition coefficient (Wildman–Crippen LogP) is 1.84. The number of carbonyl (C=O) groups excluding carboxylic acids is 2. The van der Waals surface area contributed by atoms with Gasteiger partial charge in [0.15, 0.2) is 0 Å². The van der Waals surface area contributed by atoms with Crippen molar-refractivity contribution in [1.29, 1.82) is 0 Å². The highest BCUT2D eigenvalue weighted by Crippen LogP contribution is 2.37. The molecule has 0 radical (unpaired) electrons. The molecule has 4 rings (SSSR count). The van der Waals surface area contributed by atoms with Crippen LogP contribution in [0.15, 0.2) is 53.3 Å². The molecule has 2 amide bonds. The van der Waals surface area contributed by atoms with Gasteiger partial charge in [0, 0.05) is 12.1 Å². The van der Waals surface area contributed by atoms with Crippen molar-refractivity contribution in [2.24, 2.45) is 0 Å². The summed E-state index contributed by atoms with van der Waals surface area (Å²) in [5.41, 5.74) is 3.82. The molecular weight excluding hydrogens is 426 g/mol. The molecule has 1 aliphatic rings. The fourth-order valence-corrected chi connectivity index (χ4v) is 3.84. The molecule has 158 valence electrons. The average molecular weight is 442 g/mol. The molecule has 1 N–H and O–H groups in total. The summed E-state index contributed by atoms with van der Waals surface area (Å²) in [6, 6.07) is 11.8. The molecule has 1 saturated heterocycles. The molecule has 2 unspecified atom stereocenters. The van der Waals surface area contributed by atoms with Gasteiger partial charge in [-0.25, -0.2) is 9.99 Å². The van der Waals surface area contributed by atoms with Crippen LogP contribution in [0.25, 0.3) is 11.0 Å². The van der Waals surface area contributed by atoms with E-state index in [1.165, 1.54) is 28.8 Å². The van der Waals surface area contributed by atoms with Crippen molar-refractivity contribution in [1.82, 2.24) is 20.0 Å². The van der Waals surface area contributed by atoms with Gasteiger partial charge >= 0.3 is 0 Å². The summed E-state index contributed by atoms with van der Waals surface area (Å²) in [5.74, 6) is -1.11. The van der Waals surface area contributed by atoms with Gasteiger partial charge in [0.2, 0.25) is 0 Å². The number of nitro benzene ring substituents is 1. The maximum absolute atomic E-state index is 12.7. The molecule has 0 saturated carbocycles. The minimum Gasteiger partial charge on any atom is -0.296 e. The highest BCUT2D eigenvalue weighted by atomic mass is 35.5. The number of aromatic nitrogens is 2. The summed E-state index contributed by atoms with van der Waals surface area (Å²) in [4.78, 5) is 52.0. The van der Waals surface area contributed by atoms with E-state index in [1.807, 2.05) is 0 Å². The Morgan fingerprint density at radius 2 is 1.87 bits per heavy atom. The van der Waals surface area contributed by atoms with Crippen molar-refractivity contribution in [2.45, 2.75) is 24.9 Å². The Balaban J connectivity index is 1.56. The molecule has 1 aliphatic heterocycles. The summed E-state index contributed by atoms with van der Waals surface area (Å²) >= 11 is 6.12. The number of nitrogens with zero attached hydrogens (tertiary/aromatic N) is 4. The third kappa shape index (κ3) is 3.61. The maximum atomic E-state index is 12.7. The Hall–Kier alpha value is -3.79. The van der Waals surface area contributed by atoms with Gasteiger partial charge in [-0.1, -0.05) is 12.1 Å². The number of nitrogens with one attached hydrogen (secondary N) is 1. The number of fused-ring (bicyclic) bond motifs is 1. The van der Waals surface area contributed by atoms with Gasteiger partial charge in [0.25, 0.3) is 23.1 Å². The third-order valence-corrected chi connectivity index (χ3v) is 5.46. The van der Waals surface area contributed by atoms with Crippen molar-refractivity contribution < 1.29 is 14.5 Å². The summed E-state index contributed by atoms with van der Waals surface area (Å²) in [5, 5.41) is 11.0. The van der Waals surface area contributed by atoms with Crippen molar-refractivity contribution in [3.8, 4) is 0 Å². The summed E-state index contributed by atoms with van der Waals surface area (Å²) < 4.78 is 1.29. The van der Waals surface area contributed by atoms with E-state index >= 15 is 0 Å². The molecular formula is C20H16ClN5O5. The number of non-ortho nitro benzene ring substituents is 1. The molecule has 2 aromatic carbocycles. The minimum absolute atomic E-state index is 0.101. The van der Waals surface area contributed by atoms with Crippen LogP contribution in [0.2, 0.25) is 0 Å². The molecule has 0 spiro atoms. The highest BCUT2D eigenvalue weighted by Gasteiger charge is 2.48. The van der Waals surface area contributed by atoms with Crippen LogP contribution >= 0.6 is 11.6 Å². The summed E-state index contributed by atoms with van der Waals surface area (Å²) in [6.45, 7) is 1.23. The van der Waals surface area contributed by atoms with Gasteiger partial charge < -0.3 is 0 Å². The number of nitro groups is 1. The Bertz CT molecular complexity index is 1270. The van der Waals surface area contributed by atoms with E-state index in [-0.39, 0.29) is 17.9 Å². The number of hydrogen-bond acceptors (Lipinski definition) is 6. The summed E-state index contributed by atoms with van der Waals surface area (Å²) in [6.07, 6.45) is 0. The van der Waals surface area contributed by atoms with Crippen LogP contribution < -0.4 is 11.0 Å². The molecule has 11 heteroatoms. The van der Waals surface area contributed by atoms with Gasteiger partial charge in [-0.2, -0.15) is 0 Å². The lowest BCUT2D eigenvalue weighted by atomic mass is 9.95. The number of para-hydroxylation sites is 2. The second kappa shape index (κ2) is 7.80. The lowest BCUT2D eigenvalue weighted by molar-refractivity contribution is -0.384. The molecule has 2 atom stereocenters. The van der Waals surface area contributed by atoms with Crippen LogP contribution in [0.1, 0.15) is 17.3 Å². The van der Waals surface area contributed by atoms with Crippen LogP contribution in [-0.2, 0) is 16.1 Å². The van der Waals surface area contributed by atoms with E-state index in [9.17, 15) is 24.5 Å². The van der Waals surface area contributed by atoms with Gasteiger partial charge in [-0.15, -0.1) is 11.6 Å². The first-order valence-electron chi connectivity index (χ1n) is 9.25. The van der Waals surface area contributed by atoms with Crippen LogP contribution in [0.4, 0.5) is 5.69 Å². The normalized spacial score (nSPS) is 18.0. The van der Waals surface area contributed by atoms with Gasteiger partial charge in [-0.05, 0) is 36.8 Å². The lowest BCUT2D eigenvalue weighted by Crippen LogP contribution is -2.63. The summed E-state index contributed by atoms with van der Waals surface area (Å²) in [7, 11) is 0. The Morgan fingerprint density at radius 3 is 2.55 bits per heavy atom. The van der Waals surface area contributed by atoms with E-state index in [0.717, 1.165) is 5.01 Å². The van der Waals surface area contributed by atoms with Crippen molar-refractivity contribution in [3.63, 3.8) is 0 Å². The quantitative estimate of drug-likeness (QED) is 0.278. The number of amides is 2. The second-order valence-corrected chi connectivity index (χ2v) is 7.49. The largest absolute Gasteiger partial charge is 0.296 e. The lowest BCUT2D eigenvalue weighted by Gasteiger charge is -2.43. The number of hydrazine groups is 1. The molecule has 31 heavy (non-hydrogen) atoms. The number of rotatable bonds is 5. The van der Waals surface area contributed by atoms with Gasteiger partial charge in [0.05, 0.1) is 16.0 Å². The monoisotopic (exact) mass is 441 g/mol. The molecule has 2 heterocycles. The number of hydrogen-bond donors (Lipinski definition) is 1. The zero-order chi connectivity index (χ0) is 22.3. The zero-order valence-corrected chi connectivity index (χ0v) is 16.9. The Morgan fingerprint density at radius 1 is 1.19 bits per heavy atom. The number of alkyl halides is 1. The molecule has 1 aromatic heterocycles. The number of β-lactam (4-membered cyclic amide) rings is 1. The van der Waals surface area contributed by atoms with E-state index < -0.39 is 33.7 Å². The van der Waals surface area contributed by atoms with E-state index in [2.05, 4.69) is 10.4 Å². The minimum atomic E-state index is -0.923. The number of aryl methyl sites for hydroxylation is 1. The fourth-order valence-electron chi connectivity index (χ4n) is 3.48. The average Bonchev–Trinajstić information content (AvgIpc) is 2.76. The Kier molecular flexibility index (Phi) is 5.15. The first-order valence-corrected chi connectivity index (χ1v) is 9.68. The number of benzene rings is 2.